The summed E-state index contributed by atoms with van der Waals surface area (Å²) in [5.41, 5.74) is 7.79. The van der Waals surface area contributed by atoms with E-state index in [1.165, 1.54) is 0 Å². The van der Waals surface area contributed by atoms with Crippen LogP contribution in [0.2, 0.25) is 5.02 Å². The molecule has 6 rings (SSSR count). The Morgan fingerprint density at radius 2 is 1.59 bits per heavy atom. The van der Waals surface area contributed by atoms with Crippen LogP contribution in [0.4, 0.5) is 0 Å². The van der Waals surface area contributed by atoms with Gasteiger partial charge < -0.3 is 25.2 Å². The number of aliphatic hydroxyl groups is 1. The molecule has 10 heteroatoms. The van der Waals surface area contributed by atoms with E-state index in [0.717, 1.165) is 85.6 Å². The predicted octanol–water partition coefficient (Wildman–Crippen LogP) is 8.68. The first-order valence-electron chi connectivity index (χ1n) is 22.5. The van der Waals surface area contributed by atoms with Crippen LogP contribution in [-0.2, 0) is 25.7 Å². The number of carboxylic acid groups (broad SMARTS) is 1. The van der Waals surface area contributed by atoms with Crippen LogP contribution in [0.25, 0.3) is 0 Å². The van der Waals surface area contributed by atoms with Crippen LogP contribution in [0.1, 0.15) is 132 Å². The monoisotopic (exact) mass is 839 g/mol. The SMILES string of the molecule is CC(C)C1=C2C3(N)CC[C@@H]4[C@@]5(C)CC[C@H](OC(=O)CC(C)(C)C(=O)O)C(C)(C)[C@@H]5CC[C@@]4(C)[C@]3(C)CC[C@@]2([C@@H](O)CN(CC[N+](C)(C)C)Cc2ccc(Cl)cc2)CC1=O. The number of nitrogens with two attached hydrogens (primary N) is 1. The molecule has 0 spiro atoms. The summed E-state index contributed by atoms with van der Waals surface area (Å²) in [6.07, 6.45) is 6.00. The first-order valence-corrected chi connectivity index (χ1v) is 22.9. The first-order chi connectivity index (χ1) is 27.1. The quantitative estimate of drug-likeness (QED) is 0.133. The predicted molar refractivity (Wildman–Crippen MR) is 234 cm³/mol. The zero-order valence-electron chi connectivity index (χ0n) is 38.5. The lowest BCUT2D eigenvalue weighted by Crippen LogP contribution is -2.74. The normalized spacial score (nSPS) is 36.2. The highest BCUT2D eigenvalue weighted by Crippen LogP contribution is 2.77. The van der Waals surface area contributed by atoms with Gasteiger partial charge in [0.15, 0.2) is 5.78 Å². The molecule has 4 saturated carbocycles. The molecule has 0 heterocycles. The van der Waals surface area contributed by atoms with Gasteiger partial charge in [-0.15, -0.1) is 0 Å². The number of allylic oxidation sites excluding steroid dienone is 1. The Labute approximate surface area is 360 Å². The van der Waals surface area contributed by atoms with E-state index in [9.17, 15) is 24.6 Å². The Bertz CT molecular complexity index is 1830. The van der Waals surface area contributed by atoms with Crippen molar-refractivity contribution in [2.75, 3.05) is 40.8 Å². The van der Waals surface area contributed by atoms with E-state index in [1.807, 2.05) is 12.1 Å². The molecule has 9 nitrogen and oxygen atoms in total. The van der Waals surface area contributed by atoms with Crippen molar-refractivity contribution in [3.63, 3.8) is 0 Å². The Morgan fingerprint density at radius 3 is 2.19 bits per heavy atom. The summed E-state index contributed by atoms with van der Waals surface area (Å²) in [5.74, 6) is -0.604. The van der Waals surface area contributed by atoms with E-state index in [-0.39, 0.29) is 45.9 Å². The van der Waals surface area contributed by atoms with E-state index in [4.69, 9.17) is 22.1 Å². The highest BCUT2D eigenvalue weighted by atomic mass is 35.5. The zero-order valence-corrected chi connectivity index (χ0v) is 39.2. The van der Waals surface area contributed by atoms with Crippen LogP contribution in [0.3, 0.4) is 0 Å². The number of quaternary nitrogens is 1. The smallest absolute Gasteiger partial charge is 0.309 e. The lowest BCUT2D eigenvalue weighted by molar-refractivity contribution is -0.869. The van der Waals surface area contributed by atoms with E-state index in [0.29, 0.717) is 36.4 Å². The van der Waals surface area contributed by atoms with Gasteiger partial charge in [-0.25, -0.2) is 0 Å². The lowest BCUT2D eigenvalue weighted by atomic mass is 9.31. The molecule has 5 aliphatic rings. The Balaban J connectivity index is 1.32. The number of benzene rings is 1. The lowest BCUT2D eigenvalue weighted by Gasteiger charge is -2.74. The number of esters is 1. The number of likely N-dealkylation sites (N-methyl/N-ethyl adjacent to an activating group) is 1. The first kappa shape index (κ1) is 46.2. The molecule has 1 aromatic carbocycles. The van der Waals surface area contributed by atoms with Gasteiger partial charge in [-0.2, -0.15) is 0 Å². The average molecular weight is 840 g/mol. The summed E-state index contributed by atoms with van der Waals surface area (Å²) in [4.78, 5) is 41.8. The number of aliphatic hydroxyl groups excluding tert-OH is 1. The van der Waals surface area contributed by atoms with E-state index in [2.05, 4.69) is 86.6 Å². The van der Waals surface area contributed by atoms with Crippen LogP contribution in [0.15, 0.2) is 35.4 Å². The minimum Gasteiger partial charge on any atom is -0.481 e. The van der Waals surface area contributed by atoms with Gasteiger partial charge in [-0.1, -0.05) is 72.2 Å². The minimum atomic E-state index is -1.19. The van der Waals surface area contributed by atoms with Crippen molar-refractivity contribution in [3.05, 3.63) is 46.0 Å². The third kappa shape index (κ3) is 7.67. The van der Waals surface area contributed by atoms with Gasteiger partial charge >= 0.3 is 11.9 Å². The van der Waals surface area contributed by atoms with Crippen LogP contribution in [0, 0.1) is 50.2 Å². The van der Waals surface area contributed by atoms with Crippen molar-refractivity contribution in [1.29, 1.82) is 0 Å². The average Bonchev–Trinajstić information content (AvgIpc) is 3.44. The maximum absolute atomic E-state index is 14.5. The number of ether oxygens (including phenoxy) is 1. The fraction of sp³-hybridized carbons (Fsp3) is 0.776. The molecule has 330 valence electrons. The Hall–Kier alpha value is -2.30. The highest BCUT2D eigenvalue weighted by molar-refractivity contribution is 6.30. The van der Waals surface area contributed by atoms with Crippen molar-refractivity contribution in [3.8, 4) is 0 Å². The number of hydrogen-bond donors (Lipinski definition) is 3. The molecule has 1 aromatic rings. The topological polar surface area (TPSA) is 130 Å². The fourth-order valence-electron chi connectivity index (χ4n) is 14.0. The second-order valence-corrected chi connectivity index (χ2v) is 23.6. The molecule has 0 amide bonds. The summed E-state index contributed by atoms with van der Waals surface area (Å²) in [5, 5.41) is 23.2. The van der Waals surface area contributed by atoms with Crippen molar-refractivity contribution < 1.29 is 33.8 Å². The molecular formula is C49H77ClN3O6+. The molecule has 4 N–H and O–H groups in total. The van der Waals surface area contributed by atoms with E-state index < -0.39 is 34.4 Å². The largest absolute Gasteiger partial charge is 0.481 e. The van der Waals surface area contributed by atoms with Crippen LogP contribution in [-0.4, -0.2) is 95.8 Å². The van der Waals surface area contributed by atoms with E-state index in [1.54, 1.807) is 13.8 Å². The molecular weight excluding hydrogens is 762 g/mol. The number of carboxylic acids is 1. The number of aliphatic carboxylic acids is 1. The van der Waals surface area contributed by atoms with E-state index >= 15 is 0 Å². The molecule has 0 saturated heterocycles. The highest BCUT2D eigenvalue weighted by Gasteiger charge is 2.74. The van der Waals surface area contributed by atoms with Crippen molar-refractivity contribution in [1.82, 2.24) is 4.90 Å². The van der Waals surface area contributed by atoms with Gasteiger partial charge in [0, 0.05) is 47.4 Å². The summed E-state index contributed by atoms with van der Waals surface area (Å²) in [6, 6.07) is 7.97. The van der Waals surface area contributed by atoms with Gasteiger partial charge in [0.1, 0.15) is 6.10 Å². The summed E-state index contributed by atoms with van der Waals surface area (Å²) >= 11 is 6.27. The molecule has 59 heavy (non-hydrogen) atoms. The minimum absolute atomic E-state index is 0.00337. The number of carbonyl (C=O) groups is 3. The summed E-state index contributed by atoms with van der Waals surface area (Å²) in [6.45, 7) is 22.2. The van der Waals surface area contributed by atoms with Crippen molar-refractivity contribution in [2.24, 2.45) is 56.0 Å². The molecule has 0 aliphatic heterocycles. The maximum Gasteiger partial charge on any atom is 0.309 e. The second-order valence-electron chi connectivity index (χ2n) is 23.2. The molecule has 0 aromatic heterocycles. The molecule has 1 unspecified atom stereocenters. The number of rotatable bonds is 13. The van der Waals surface area contributed by atoms with Gasteiger partial charge in [0.25, 0.3) is 0 Å². The maximum atomic E-state index is 14.5. The number of halogens is 1. The van der Waals surface area contributed by atoms with Gasteiger partial charge in [-0.3, -0.25) is 19.3 Å². The summed E-state index contributed by atoms with van der Waals surface area (Å²) < 4.78 is 7.00. The van der Waals surface area contributed by atoms with Gasteiger partial charge in [0.05, 0.1) is 45.6 Å². The van der Waals surface area contributed by atoms with Crippen molar-refractivity contribution >= 4 is 29.3 Å². The zero-order chi connectivity index (χ0) is 43.9. The standard InChI is InChI=1S/C49H76ClN3O6/c1-31(2)40-34(54)27-48(37(55)30-52(25-26-53(10,11)12)29-32-13-15-33(50)16-14-32)24-23-47(9)46(8)21-17-35-44(5,6)38(59-39(56)28-43(3,4)42(57)58)19-20-45(35,7)36(46)18-22-49(47,51)41(40)48/h13-16,31,35-38,55H,17-30,51H2,1-12H3/p+1/t35-,36+,37-,38-,45-,46+,47-,48-,49?/m0/s1. The molecule has 0 bridgehead atoms. The number of nitrogens with zero attached hydrogens (tertiary/aromatic N) is 2. The Kier molecular flexibility index (Phi) is 12.1. The number of carbonyl (C=O) groups excluding carboxylic acids is 2. The number of hydrogen-bond acceptors (Lipinski definition) is 7. The molecule has 5 aliphatic carbocycles. The third-order valence-electron chi connectivity index (χ3n) is 17.6. The summed E-state index contributed by atoms with van der Waals surface area (Å²) in [7, 11) is 6.58. The van der Waals surface area contributed by atoms with Gasteiger partial charge in [-0.05, 0) is 128 Å². The van der Waals surface area contributed by atoms with Gasteiger partial charge in [0.2, 0.25) is 0 Å². The fourth-order valence-corrected chi connectivity index (χ4v) is 14.1. The van der Waals surface area contributed by atoms with Crippen LogP contribution >= 0.6 is 11.6 Å². The second kappa shape index (κ2) is 15.5. The molecule has 0 radical (unpaired) electrons. The van der Waals surface area contributed by atoms with Crippen molar-refractivity contribution in [2.45, 2.75) is 151 Å². The van der Waals surface area contributed by atoms with Crippen LogP contribution < -0.4 is 5.73 Å². The Morgan fingerprint density at radius 1 is 0.966 bits per heavy atom. The third-order valence-corrected chi connectivity index (χ3v) is 17.9. The number of Topliss-reactive ketones (excluding diaryl/α,β-unsaturated/α-hetero) is 1. The number of ketones is 1. The number of fused-ring (bicyclic) bond motifs is 7. The van der Waals surface area contributed by atoms with Crippen LogP contribution in [0.5, 0.6) is 0 Å². The molecule has 9 atom stereocenters. The molecule has 4 fully saturated rings.